The number of hydrogen-bond donors (Lipinski definition) is 2. The number of phenolic OH excluding ortho intramolecular Hbond substituents is 1. The van der Waals surface area contributed by atoms with Crippen molar-refractivity contribution in [3.05, 3.63) is 46.6 Å². The van der Waals surface area contributed by atoms with E-state index in [-0.39, 0.29) is 17.4 Å². The van der Waals surface area contributed by atoms with Gasteiger partial charge in [-0.05, 0) is 44.7 Å². The fraction of sp³-hybridized carbons (Fsp3) is 0.391. The topological polar surface area (TPSA) is 97.9 Å². The van der Waals surface area contributed by atoms with E-state index in [9.17, 15) is 9.90 Å². The maximum Gasteiger partial charge on any atom is 0.261 e. The molecule has 0 unspecified atom stereocenters. The molecule has 2 aliphatic rings. The summed E-state index contributed by atoms with van der Waals surface area (Å²) in [6.45, 7) is 1.83. The fourth-order valence-electron chi connectivity index (χ4n) is 5.33. The van der Waals surface area contributed by atoms with Gasteiger partial charge in [-0.2, -0.15) is 5.10 Å². The number of pyridine rings is 1. The Bertz CT molecular complexity index is 1390. The first-order chi connectivity index (χ1) is 15.0. The van der Waals surface area contributed by atoms with Crippen molar-refractivity contribution in [1.82, 2.24) is 29.6 Å². The summed E-state index contributed by atoms with van der Waals surface area (Å²) in [5, 5.41) is 20.2. The average Bonchev–Trinajstić information content (AvgIpc) is 3.31. The number of rotatable bonds is 2. The molecule has 2 aliphatic heterocycles. The molecule has 6 rings (SSSR count). The molecular weight excluding hydrogens is 392 g/mol. The molecule has 4 aromatic rings. The van der Waals surface area contributed by atoms with E-state index >= 15 is 0 Å². The lowest BCUT2D eigenvalue weighted by atomic mass is 9.99. The fourth-order valence-corrected chi connectivity index (χ4v) is 5.33. The number of benzene rings is 1. The second-order valence-electron chi connectivity index (χ2n) is 8.92. The van der Waals surface area contributed by atoms with Crippen molar-refractivity contribution in [2.24, 2.45) is 7.05 Å². The van der Waals surface area contributed by atoms with Crippen LogP contribution in [-0.2, 0) is 7.05 Å². The first-order valence-electron chi connectivity index (χ1n) is 10.8. The molecule has 0 aliphatic carbocycles. The lowest BCUT2D eigenvalue weighted by Gasteiger charge is -2.30. The van der Waals surface area contributed by atoms with Gasteiger partial charge in [0, 0.05) is 54.7 Å². The second kappa shape index (κ2) is 6.62. The minimum atomic E-state index is -0.0431. The van der Waals surface area contributed by atoms with Crippen LogP contribution in [0.5, 0.6) is 5.75 Å². The van der Waals surface area contributed by atoms with E-state index in [1.54, 1.807) is 10.9 Å². The highest BCUT2D eigenvalue weighted by atomic mass is 16.3. The molecule has 31 heavy (non-hydrogen) atoms. The van der Waals surface area contributed by atoms with Gasteiger partial charge in [0.05, 0.1) is 22.0 Å². The Morgan fingerprint density at radius 3 is 2.77 bits per heavy atom. The molecule has 8 heteroatoms. The predicted molar refractivity (Wildman–Crippen MR) is 118 cm³/mol. The summed E-state index contributed by atoms with van der Waals surface area (Å²) in [4.78, 5) is 22.3. The third-order valence-corrected chi connectivity index (χ3v) is 6.88. The number of fused-ring (bicyclic) bond motifs is 4. The van der Waals surface area contributed by atoms with E-state index in [4.69, 9.17) is 0 Å². The van der Waals surface area contributed by atoms with E-state index in [1.807, 2.05) is 43.1 Å². The summed E-state index contributed by atoms with van der Waals surface area (Å²) in [5.41, 5.74) is 2.53. The van der Waals surface area contributed by atoms with Crippen LogP contribution < -0.4 is 10.9 Å². The first kappa shape index (κ1) is 18.5. The molecule has 8 nitrogen and oxygen atoms in total. The Kier molecular flexibility index (Phi) is 3.95. The van der Waals surface area contributed by atoms with Crippen LogP contribution >= 0.6 is 0 Å². The van der Waals surface area contributed by atoms with Crippen LogP contribution in [0.25, 0.3) is 33.2 Å². The monoisotopic (exact) mass is 416 g/mol. The average molecular weight is 416 g/mol. The molecule has 158 valence electrons. The van der Waals surface area contributed by atoms with Gasteiger partial charge in [0.2, 0.25) is 0 Å². The van der Waals surface area contributed by atoms with Crippen LogP contribution in [0.2, 0.25) is 0 Å². The number of piperidine rings is 1. The Hall–Kier alpha value is -3.26. The number of phenols is 1. The van der Waals surface area contributed by atoms with Gasteiger partial charge in [-0.1, -0.05) is 0 Å². The number of aromatic nitrogens is 5. The molecule has 5 heterocycles. The highest BCUT2D eigenvalue weighted by Crippen LogP contribution is 2.36. The van der Waals surface area contributed by atoms with Crippen LogP contribution in [-0.4, -0.2) is 41.5 Å². The molecule has 2 saturated heterocycles. The molecule has 0 spiro atoms. The van der Waals surface area contributed by atoms with Crippen molar-refractivity contribution in [2.75, 3.05) is 0 Å². The van der Waals surface area contributed by atoms with Gasteiger partial charge in [-0.15, -0.1) is 0 Å². The van der Waals surface area contributed by atoms with Gasteiger partial charge in [0.15, 0.2) is 5.82 Å². The highest BCUT2D eigenvalue weighted by molar-refractivity contribution is 5.90. The van der Waals surface area contributed by atoms with Crippen molar-refractivity contribution in [1.29, 1.82) is 0 Å². The van der Waals surface area contributed by atoms with Gasteiger partial charge in [0.1, 0.15) is 5.75 Å². The van der Waals surface area contributed by atoms with Gasteiger partial charge >= 0.3 is 0 Å². The number of aromatic hydroxyl groups is 1. The lowest BCUT2D eigenvalue weighted by Crippen LogP contribution is -2.41. The minimum absolute atomic E-state index is 0.0431. The smallest absolute Gasteiger partial charge is 0.261 e. The van der Waals surface area contributed by atoms with Crippen molar-refractivity contribution in [2.45, 2.75) is 50.7 Å². The van der Waals surface area contributed by atoms with Crippen LogP contribution in [0.3, 0.4) is 0 Å². The number of nitrogens with one attached hydrogen (secondary N) is 1. The zero-order valence-corrected chi connectivity index (χ0v) is 17.5. The quantitative estimate of drug-likeness (QED) is 0.522. The summed E-state index contributed by atoms with van der Waals surface area (Å²) >= 11 is 0. The molecule has 0 saturated carbocycles. The largest absolute Gasteiger partial charge is 0.507 e. The Morgan fingerprint density at radius 2 is 2.00 bits per heavy atom. The van der Waals surface area contributed by atoms with Gasteiger partial charge in [0.25, 0.3) is 5.56 Å². The van der Waals surface area contributed by atoms with Crippen LogP contribution in [0.1, 0.15) is 37.3 Å². The first-order valence-corrected chi connectivity index (χ1v) is 10.8. The maximum absolute atomic E-state index is 13.2. The van der Waals surface area contributed by atoms with Gasteiger partial charge in [-0.3, -0.25) is 9.48 Å². The third-order valence-electron chi connectivity index (χ3n) is 6.88. The SMILES string of the molecule is Cc1c(O)c(-c2ncc3c(=O)n([C@H]4C[C@H]5CC[C@@H](C4)N5)ccc3n2)cc2cn(C)nc12. The minimum Gasteiger partial charge on any atom is -0.507 e. The van der Waals surface area contributed by atoms with Crippen LogP contribution in [0, 0.1) is 6.92 Å². The van der Waals surface area contributed by atoms with Crippen LogP contribution in [0.15, 0.2) is 35.5 Å². The predicted octanol–water partition coefficient (Wildman–Crippen LogP) is 2.81. The molecule has 2 fully saturated rings. The standard InChI is InChI=1S/C23H24N6O2/c1-12-20-13(11-28(2)27-20)7-17(21(12)30)22-24-10-18-19(26-22)5-6-29(23(18)31)16-8-14-3-4-15(9-16)25-14/h5-7,10-11,14-16,25,30H,3-4,8-9H2,1-2H3/t14-,15+,16+. The zero-order chi connectivity index (χ0) is 21.3. The molecule has 3 aromatic heterocycles. The Balaban J connectivity index is 1.44. The van der Waals surface area contributed by atoms with Crippen molar-refractivity contribution in [3.63, 3.8) is 0 Å². The number of nitrogens with zero attached hydrogens (tertiary/aromatic N) is 5. The number of aryl methyl sites for hydroxylation is 2. The lowest BCUT2D eigenvalue weighted by molar-refractivity contribution is 0.294. The second-order valence-corrected chi connectivity index (χ2v) is 8.92. The highest BCUT2D eigenvalue weighted by Gasteiger charge is 2.34. The Labute approximate surface area is 178 Å². The summed E-state index contributed by atoms with van der Waals surface area (Å²) in [7, 11) is 1.85. The maximum atomic E-state index is 13.2. The van der Waals surface area contributed by atoms with Gasteiger partial charge < -0.3 is 15.0 Å². The molecule has 0 radical (unpaired) electrons. The molecule has 2 N–H and O–H groups in total. The van der Waals surface area contributed by atoms with E-state index in [0.717, 1.165) is 23.7 Å². The molecular formula is C23H24N6O2. The zero-order valence-electron chi connectivity index (χ0n) is 17.5. The van der Waals surface area contributed by atoms with Crippen molar-refractivity contribution < 1.29 is 5.11 Å². The summed E-state index contributed by atoms with van der Waals surface area (Å²) in [6.07, 6.45) is 9.72. The van der Waals surface area contributed by atoms with E-state index < -0.39 is 0 Å². The van der Waals surface area contributed by atoms with Gasteiger partial charge in [-0.25, -0.2) is 9.97 Å². The van der Waals surface area contributed by atoms with Crippen LogP contribution in [0.4, 0.5) is 0 Å². The van der Waals surface area contributed by atoms with Crippen molar-refractivity contribution in [3.8, 4) is 17.1 Å². The van der Waals surface area contributed by atoms with E-state index in [0.29, 0.717) is 39.9 Å². The molecule has 2 bridgehead atoms. The molecule has 3 atom stereocenters. The van der Waals surface area contributed by atoms with Crippen molar-refractivity contribution >= 4 is 21.8 Å². The molecule has 1 aromatic carbocycles. The Morgan fingerprint density at radius 1 is 1.23 bits per heavy atom. The summed E-state index contributed by atoms with van der Waals surface area (Å²) < 4.78 is 3.58. The van der Waals surface area contributed by atoms with E-state index in [1.165, 1.54) is 12.8 Å². The van der Waals surface area contributed by atoms with E-state index in [2.05, 4.69) is 20.4 Å². The summed E-state index contributed by atoms with van der Waals surface area (Å²) in [6, 6.07) is 4.98. The third kappa shape index (κ3) is 2.85. The normalized spacial score (nSPS) is 23.1. The number of hydrogen-bond acceptors (Lipinski definition) is 6. The summed E-state index contributed by atoms with van der Waals surface area (Å²) in [5.74, 6) is 0.514. The molecule has 0 amide bonds.